The Labute approximate surface area is 168 Å². The molecule has 2 aromatic carbocycles. The van der Waals surface area contributed by atoms with Crippen molar-refractivity contribution < 1.29 is 17.6 Å². The van der Waals surface area contributed by atoms with Gasteiger partial charge in [0.2, 0.25) is 10.0 Å². The molecule has 0 aliphatic carbocycles. The maximum Gasteiger partial charge on any atom is 0.266 e. The lowest BCUT2D eigenvalue weighted by Gasteiger charge is -2.06. The van der Waals surface area contributed by atoms with Crippen LogP contribution in [0.2, 0.25) is 0 Å². The van der Waals surface area contributed by atoms with Gasteiger partial charge in [-0.3, -0.25) is 4.79 Å². The van der Waals surface area contributed by atoms with E-state index in [4.69, 9.17) is 9.56 Å². The van der Waals surface area contributed by atoms with Gasteiger partial charge in [0.15, 0.2) is 0 Å². The summed E-state index contributed by atoms with van der Waals surface area (Å²) in [5.74, 6) is 0.220. The standard InChI is InChI=1S/C21H17N3O4S/c1-14-4-2-3-5-19(14)24-21(25)16(13-22)12-17-8-11-20(28-17)15-6-9-18(10-7-15)29(23,26)27/h2-12H,1H3,(H,24,25)(H2,23,26,27)/b16-12+. The van der Waals surface area contributed by atoms with Crippen LogP contribution in [0.25, 0.3) is 17.4 Å². The molecular weight excluding hydrogens is 390 g/mol. The van der Waals surface area contributed by atoms with Gasteiger partial charge in [0.25, 0.3) is 5.91 Å². The lowest BCUT2D eigenvalue weighted by atomic mass is 10.1. The minimum absolute atomic E-state index is 0.00688. The van der Waals surface area contributed by atoms with E-state index in [-0.39, 0.29) is 10.5 Å². The number of aryl methyl sites for hydroxylation is 1. The van der Waals surface area contributed by atoms with E-state index in [1.54, 1.807) is 36.4 Å². The van der Waals surface area contributed by atoms with E-state index in [1.165, 1.54) is 18.2 Å². The molecule has 0 aliphatic rings. The number of nitrogens with zero attached hydrogens (tertiary/aromatic N) is 1. The molecule has 0 atom stereocenters. The van der Waals surface area contributed by atoms with E-state index in [0.717, 1.165) is 5.56 Å². The first-order valence-corrected chi connectivity index (χ1v) is 10.0. The summed E-state index contributed by atoms with van der Waals surface area (Å²) < 4.78 is 28.3. The van der Waals surface area contributed by atoms with E-state index >= 15 is 0 Å². The van der Waals surface area contributed by atoms with Gasteiger partial charge in [-0.15, -0.1) is 0 Å². The molecule has 3 aromatic rings. The normalized spacial score (nSPS) is 11.7. The van der Waals surface area contributed by atoms with Gasteiger partial charge in [-0.25, -0.2) is 13.6 Å². The lowest BCUT2D eigenvalue weighted by Crippen LogP contribution is -2.14. The summed E-state index contributed by atoms with van der Waals surface area (Å²) in [6, 6.07) is 18.3. The van der Waals surface area contributed by atoms with Gasteiger partial charge in [-0.05, 0) is 55.0 Å². The molecule has 3 N–H and O–H groups in total. The second-order valence-electron chi connectivity index (χ2n) is 6.21. The molecule has 0 fully saturated rings. The molecule has 0 unspecified atom stereocenters. The fourth-order valence-corrected chi connectivity index (χ4v) is 3.10. The van der Waals surface area contributed by atoms with Crippen LogP contribution in [0.15, 0.2) is 75.5 Å². The molecule has 0 bridgehead atoms. The van der Waals surface area contributed by atoms with Crippen molar-refractivity contribution in [1.29, 1.82) is 5.26 Å². The van der Waals surface area contributed by atoms with Crippen molar-refractivity contribution >= 4 is 27.7 Å². The van der Waals surface area contributed by atoms with E-state index < -0.39 is 15.9 Å². The molecule has 1 amide bonds. The van der Waals surface area contributed by atoms with Crippen LogP contribution in [0.1, 0.15) is 11.3 Å². The number of benzene rings is 2. The van der Waals surface area contributed by atoms with Crippen molar-refractivity contribution in [3.05, 3.63) is 77.6 Å². The summed E-state index contributed by atoms with van der Waals surface area (Å²) in [4.78, 5) is 12.4. The zero-order chi connectivity index (χ0) is 21.0. The maximum absolute atomic E-state index is 12.4. The first kappa shape index (κ1) is 20.1. The summed E-state index contributed by atoms with van der Waals surface area (Å²) >= 11 is 0. The molecule has 29 heavy (non-hydrogen) atoms. The monoisotopic (exact) mass is 407 g/mol. The van der Waals surface area contributed by atoms with Crippen LogP contribution in [0, 0.1) is 18.3 Å². The van der Waals surface area contributed by atoms with Crippen LogP contribution >= 0.6 is 0 Å². The lowest BCUT2D eigenvalue weighted by molar-refractivity contribution is -0.112. The number of rotatable bonds is 5. The number of hydrogen-bond donors (Lipinski definition) is 2. The Bertz CT molecular complexity index is 1230. The Morgan fingerprint density at radius 3 is 2.41 bits per heavy atom. The average Bonchev–Trinajstić information content (AvgIpc) is 3.16. The van der Waals surface area contributed by atoms with Crippen LogP contribution < -0.4 is 10.5 Å². The quantitative estimate of drug-likeness (QED) is 0.495. The molecule has 7 nitrogen and oxygen atoms in total. The Morgan fingerprint density at radius 1 is 1.10 bits per heavy atom. The van der Waals surface area contributed by atoms with Gasteiger partial charge in [0, 0.05) is 17.3 Å². The molecule has 0 saturated heterocycles. The smallest absolute Gasteiger partial charge is 0.266 e. The van der Waals surface area contributed by atoms with Gasteiger partial charge >= 0.3 is 0 Å². The highest BCUT2D eigenvalue weighted by atomic mass is 32.2. The van der Waals surface area contributed by atoms with Crippen LogP contribution in [0.5, 0.6) is 0 Å². The number of nitriles is 1. The van der Waals surface area contributed by atoms with Gasteiger partial charge in [-0.1, -0.05) is 18.2 Å². The topological polar surface area (TPSA) is 126 Å². The predicted octanol–water partition coefficient (Wildman–Crippen LogP) is 3.45. The average molecular weight is 407 g/mol. The first-order valence-electron chi connectivity index (χ1n) is 8.50. The molecule has 1 heterocycles. The third-order valence-electron chi connectivity index (χ3n) is 4.14. The molecule has 0 radical (unpaired) electrons. The van der Waals surface area contributed by atoms with Crippen molar-refractivity contribution in [2.45, 2.75) is 11.8 Å². The summed E-state index contributed by atoms with van der Waals surface area (Å²) in [6.45, 7) is 1.85. The number of para-hydroxylation sites is 1. The first-order chi connectivity index (χ1) is 13.8. The van der Waals surface area contributed by atoms with Crippen molar-refractivity contribution in [3.8, 4) is 17.4 Å². The number of nitrogens with two attached hydrogens (primary N) is 1. The molecule has 0 aliphatic heterocycles. The predicted molar refractivity (Wildman–Crippen MR) is 109 cm³/mol. The van der Waals surface area contributed by atoms with E-state index in [2.05, 4.69) is 5.32 Å². The largest absolute Gasteiger partial charge is 0.457 e. The second kappa shape index (κ2) is 8.14. The second-order valence-corrected chi connectivity index (χ2v) is 7.77. The van der Waals surface area contributed by atoms with Crippen LogP contribution in [-0.2, 0) is 14.8 Å². The molecule has 3 rings (SSSR count). The highest BCUT2D eigenvalue weighted by Crippen LogP contribution is 2.25. The number of carbonyl (C=O) groups is 1. The zero-order valence-electron chi connectivity index (χ0n) is 15.4. The number of primary sulfonamides is 1. The summed E-state index contributed by atoms with van der Waals surface area (Å²) in [7, 11) is -3.77. The Morgan fingerprint density at radius 2 is 1.79 bits per heavy atom. The maximum atomic E-state index is 12.4. The Balaban J connectivity index is 1.81. The summed E-state index contributed by atoms with van der Waals surface area (Å²) in [6.07, 6.45) is 1.34. The van der Waals surface area contributed by atoms with Crippen molar-refractivity contribution in [2.75, 3.05) is 5.32 Å². The van der Waals surface area contributed by atoms with Crippen molar-refractivity contribution in [1.82, 2.24) is 0 Å². The highest BCUT2D eigenvalue weighted by Gasteiger charge is 2.13. The number of amides is 1. The van der Waals surface area contributed by atoms with Gasteiger partial charge < -0.3 is 9.73 Å². The minimum Gasteiger partial charge on any atom is -0.457 e. The zero-order valence-corrected chi connectivity index (χ0v) is 16.2. The molecular formula is C21H17N3O4S. The van der Waals surface area contributed by atoms with Gasteiger partial charge in [0.1, 0.15) is 23.2 Å². The molecule has 0 saturated carbocycles. The van der Waals surface area contributed by atoms with E-state index in [1.807, 2.05) is 25.1 Å². The van der Waals surface area contributed by atoms with Crippen LogP contribution in [0.4, 0.5) is 5.69 Å². The Kier molecular flexibility index (Phi) is 5.64. The van der Waals surface area contributed by atoms with Gasteiger partial charge in [0.05, 0.1) is 4.90 Å². The number of furan rings is 1. The number of carbonyl (C=O) groups excluding carboxylic acids is 1. The SMILES string of the molecule is Cc1ccccc1NC(=O)/C(C#N)=C/c1ccc(-c2ccc(S(N)(=O)=O)cc2)o1. The van der Waals surface area contributed by atoms with Crippen LogP contribution in [0.3, 0.4) is 0 Å². The molecule has 0 spiro atoms. The van der Waals surface area contributed by atoms with Crippen LogP contribution in [-0.4, -0.2) is 14.3 Å². The summed E-state index contributed by atoms with van der Waals surface area (Å²) in [5.41, 5.74) is 2.01. The fourth-order valence-electron chi connectivity index (χ4n) is 2.59. The number of nitrogens with one attached hydrogen (secondary N) is 1. The minimum atomic E-state index is -3.77. The summed E-state index contributed by atoms with van der Waals surface area (Å²) in [5, 5.41) is 17.1. The molecule has 1 aromatic heterocycles. The van der Waals surface area contributed by atoms with E-state index in [0.29, 0.717) is 22.8 Å². The highest BCUT2D eigenvalue weighted by molar-refractivity contribution is 7.89. The van der Waals surface area contributed by atoms with Gasteiger partial charge in [-0.2, -0.15) is 5.26 Å². The van der Waals surface area contributed by atoms with Crippen molar-refractivity contribution in [2.24, 2.45) is 5.14 Å². The number of hydrogen-bond acceptors (Lipinski definition) is 5. The number of sulfonamides is 1. The Hall–Kier alpha value is -3.67. The fraction of sp³-hybridized carbons (Fsp3) is 0.0476. The molecule has 146 valence electrons. The third kappa shape index (κ3) is 4.79. The van der Waals surface area contributed by atoms with E-state index in [9.17, 15) is 18.5 Å². The van der Waals surface area contributed by atoms with Crippen molar-refractivity contribution in [3.63, 3.8) is 0 Å². The third-order valence-corrected chi connectivity index (χ3v) is 5.07. The molecule has 8 heteroatoms. The number of anilines is 1.